The van der Waals surface area contributed by atoms with Crippen molar-refractivity contribution in [2.24, 2.45) is 0 Å². The van der Waals surface area contributed by atoms with Crippen molar-refractivity contribution in [3.63, 3.8) is 0 Å². The summed E-state index contributed by atoms with van der Waals surface area (Å²) in [5.74, 6) is 0.742. The molecule has 2 aromatic heterocycles. The van der Waals surface area contributed by atoms with Crippen LogP contribution in [0.3, 0.4) is 0 Å². The molecule has 0 saturated carbocycles. The molecule has 2 aliphatic heterocycles. The molecule has 0 aliphatic carbocycles. The van der Waals surface area contributed by atoms with Gasteiger partial charge in [-0.3, -0.25) is 5.32 Å². The number of piperazine rings is 1. The Kier molecular flexibility index (Phi) is 6.64. The molecule has 2 fully saturated rings. The summed E-state index contributed by atoms with van der Waals surface area (Å²) in [7, 11) is 0. The predicted molar refractivity (Wildman–Crippen MR) is 123 cm³/mol. The molecule has 192 valence electrons. The van der Waals surface area contributed by atoms with Gasteiger partial charge < -0.3 is 24.8 Å². The van der Waals surface area contributed by atoms with Crippen molar-refractivity contribution >= 4 is 28.6 Å². The second-order valence-corrected chi connectivity index (χ2v) is 8.50. The molecule has 1 aromatic carbocycles. The molecular formula is C22H24F3N7O4. The molecule has 2 aliphatic rings. The average Bonchev–Trinajstić information content (AvgIpc) is 3.23. The molecule has 2 saturated heterocycles. The maximum absolute atomic E-state index is 13.2. The van der Waals surface area contributed by atoms with Gasteiger partial charge in [-0.1, -0.05) is 0 Å². The number of aromatic nitrogens is 4. The molecule has 36 heavy (non-hydrogen) atoms. The van der Waals surface area contributed by atoms with Gasteiger partial charge in [-0.2, -0.15) is 18.3 Å². The number of benzene rings is 1. The molecule has 14 heteroatoms. The number of hydrogen-bond donors (Lipinski definition) is 3. The predicted octanol–water partition coefficient (Wildman–Crippen LogP) is 1.77. The number of anilines is 2. The van der Waals surface area contributed by atoms with Crippen molar-refractivity contribution in [1.82, 2.24) is 25.1 Å². The van der Waals surface area contributed by atoms with Gasteiger partial charge >= 0.3 is 12.3 Å². The molecule has 1 amide bonds. The zero-order chi connectivity index (χ0) is 25.3. The molecule has 4 heterocycles. The van der Waals surface area contributed by atoms with Gasteiger partial charge in [0, 0.05) is 24.3 Å². The van der Waals surface area contributed by atoms with Gasteiger partial charge in [0.25, 0.3) is 0 Å². The topological polar surface area (TPSA) is 127 Å². The average molecular weight is 507 g/mol. The van der Waals surface area contributed by atoms with Crippen LogP contribution in [0.1, 0.15) is 0 Å². The summed E-state index contributed by atoms with van der Waals surface area (Å²) in [6, 6.07) is 6.43. The van der Waals surface area contributed by atoms with E-state index in [0.717, 1.165) is 4.68 Å². The number of halogens is 3. The van der Waals surface area contributed by atoms with E-state index in [1.54, 1.807) is 24.3 Å². The summed E-state index contributed by atoms with van der Waals surface area (Å²) in [5.41, 5.74) is 1.06. The maximum Gasteiger partial charge on any atom is 0.411 e. The van der Waals surface area contributed by atoms with E-state index < -0.39 is 18.8 Å². The Morgan fingerprint density at radius 3 is 2.58 bits per heavy atom. The van der Waals surface area contributed by atoms with Crippen LogP contribution in [-0.2, 0) is 16.0 Å². The zero-order valence-corrected chi connectivity index (χ0v) is 19.0. The first-order valence-electron chi connectivity index (χ1n) is 11.3. The number of ether oxygens (including phenoxy) is 2. The third-order valence-electron chi connectivity index (χ3n) is 5.93. The fraction of sp³-hybridized carbons (Fsp3) is 0.455. The second-order valence-electron chi connectivity index (χ2n) is 8.50. The minimum Gasteiger partial charge on any atom is -0.447 e. The Bertz CT molecular complexity index is 1210. The van der Waals surface area contributed by atoms with Crippen LogP contribution in [0.15, 0.2) is 30.5 Å². The summed E-state index contributed by atoms with van der Waals surface area (Å²) in [4.78, 5) is 23.0. The largest absolute Gasteiger partial charge is 0.447 e. The maximum atomic E-state index is 13.2. The van der Waals surface area contributed by atoms with Crippen LogP contribution in [0.5, 0.6) is 0 Å². The van der Waals surface area contributed by atoms with Crippen molar-refractivity contribution < 1.29 is 32.5 Å². The number of fused-ring (bicyclic) bond motifs is 3. The van der Waals surface area contributed by atoms with Crippen LogP contribution in [0, 0.1) is 0 Å². The molecule has 2 unspecified atom stereocenters. The van der Waals surface area contributed by atoms with Crippen molar-refractivity contribution in [2.45, 2.75) is 24.8 Å². The van der Waals surface area contributed by atoms with Crippen LogP contribution < -0.4 is 15.5 Å². The third kappa shape index (κ3) is 5.05. The van der Waals surface area contributed by atoms with Crippen LogP contribution in [0.2, 0.25) is 0 Å². The van der Waals surface area contributed by atoms with E-state index in [2.05, 4.69) is 25.6 Å². The van der Waals surface area contributed by atoms with Gasteiger partial charge in [0.05, 0.1) is 43.5 Å². The van der Waals surface area contributed by atoms with Gasteiger partial charge in [0.15, 0.2) is 11.5 Å². The Balaban J connectivity index is 1.54. The molecule has 0 spiro atoms. The lowest BCUT2D eigenvalue weighted by molar-refractivity contribution is -0.141. The molecular weight excluding hydrogens is 483 g/mol. The Labute approximate surface area is 203 Å². The minimum absolute atomic E-state index is 0.0362. The highest BCUT2D eigenvalue weighted by Gasteiger charge is 2.38. The monoisotopic (exact) mass is 507 g/mol. The lowest BCUT2D eigenvalue weighted by atomic mass is 10.1. The van der Waals surface area contributed by atoms with Gasteiger partial charge in [0.1, 0.15) is 19.0 Å². The fourth-order valence-corrected chi connectivity index (χ4v) is 4.42. The normalized spacial score (nSPS) is 19.9. The van der Waals surface area contributed by atoms with Crippen LogP contribution in [-0.4, -0.2) is 88.7 Å². The quantitative estimate of drug-likeness (QED) is 0.458. The van der Waals surface area contributed by atoms with E-state index in [9.17, 15) is 18.0 Å². The number of morpholine rings is 1. The first kappa shape index (κ1) is 24.2. The molecule has 0 radical (unpaired) electrons. The summed E-state index contributed by atoms with van der Waals surface area (Å²) in [6.07, 6.45) is -3.81. The van der Waals surface area contributed by atoms with Gasteiger partial charge in [0.2, 0.25) is 0 Å². The molecule has 2 bridgehead atoms. The van der Waals surface area contributed by atoms with E-state index in [-0.39, 0.29) is 36.8 Å². The molecule has 2 atom stereocenters. The number of aliphatic hydroxyl groups is 1. The highest BCUT2D eigenvalue weighted by atomic mass is 19.4. The highest BCUT2D eigenvalue weighted by Crippen LogP contribution is 2.33. The molecule has 5 rings (SSSR count). The highest BCUT2D eigenvalue weighted by molar-refractivity contribution is 5.89. The Hall–Kier alpha value is -3.49. The summed E-state index contributed by atoms with van der Waals surface area (Å²) in [6.45, 7) is 0.539. The van der Waals surface area contributed by atoms with Crippen LogP contribution in [0.4, 0.5) is 29.5 Å². The summed E-state index contributed by atoms with van der Waals surface area (Å²) < 4.78 is 51.0. The van der Waals surface area contributed by atoms with E-state index in [1.807, 2.05) is 0 Å². The van der Waals surface area contributed by atoms with Crippen LogP contribution in [0.25, 0.3) is 22.4 Å². The number of hydrogen-bond acceptors (Lipinski definition) is 9. The Morgan fingerprint density at radius 1 is 1.19 bits per heavy atom. The van der Waals surface area contributed by atoms with E-state index >= 15 is 0 Å². The number of amides is 1. The van der Waals surface area contributed by atoms with Gasteiger partial charge in [-0.15, -0.1) is 0 Å². The lowest BCUT2D eigenvalue weighted by Crippen LogP contribution is -2.64. The van der Waals surface area contributed by atoms with Gasteiger partial charge in [-0.25, -0.2) is 19.4 Å². The number of carbonyl (C=O) groups excluding carboxylic acids is 1. The minimum atomic E-state index is -4.47. The van der Waals surface area contributed by atoms with Gasteiger partial charge in [-0.05, 0) is 24.3 Å². The number of aliphatic hydroxyl groups excluding tert-OH is 1. The number of nitrogens with zero attached hydrogens (tertiary/aromatic N) is 5. The third-order valence-corrected chi connectivity index (χ3v) is 5.93. The Morgan fingerprint density at radius 2 is 1.92 bits per heavy atom. The van der Waals surface area contributed by atoms with E-state index in [1.165, 1.54) is 6.20 Å². The SMILES string of the molecule is O=C(Nc1ccc(-c2nc(N3C4CNCC3COC4)c3cnn(CC(F)(F)F)c3n2)cc1)OCCO. The fourth-order valence-electron chi connectivity index (χ4n) is 4.42. The summed E-state index contributed by atoms with van der Waals surface area (Å²) in [5, 5.41) is 19.0. The molecule has 11 nitrogen and oxygen atoms in total. The number of alkyl halides is 3. The second kappa shape index (κ2) is 9.87. The van der Waals surface area contributed by atoms with E-state index in [4.69, 9.17) is 19.6 Å². The van der Waals surface area contributed by atoms with E-state index in [0.29, 0.717) is 48.8 Å². The van der Waals surface area contributed by atoms with Crippen molar-refractivity contribution in [3.05, 3.63) is 30.5 Å². The summed E-state index contributed by atoms with van der Waals surface area (Å²) >= 11 is 0. The van der Waals surface area contributed by atoms with Crippen molar-refractivity contribution in [3.8, 4) is 11.4 Å². The molecule has 3 aromatic rings. The standard InChI is InChI=1S/C22H24F3N7O4/c23-22(24,25)12-31-19-17(9-27-31)20(32-15-7-26-8-16(32)11-35-10-15)30-18(29-19)13-1-3-14(4-2-13)28-21(34)36-6-5-33/h1-4,9,15-16,26,33H,5-8,10-12H2,(H,28,34). The number of rotatable bonds is 6. The zero-order valence-electron chi connectivity index (χ0n) is 19.0. The first-order chi connectivity index (χ1) is 17.3. The van der Waals surface area contributed by atoms with Crippen LogP contribution >= 0.6 is 0 Å². The number of carbonyl (C=O) groups is 1. The smallest absolute Gasteiger partial charge is 0.411 e. The molecule has 3 N–H and O–H groups in total. The van der Waals surface area contributed by atoms with Crippen molar-refractivity contribution in [1.29, 1.82) is 0 Å². The number of nitrogens with one attached hydrogen (secondary N) is 2. The first-order valence-corrected chi connectivity index (χ1v) is 11.3. The van der Waals surface area contributed by atoms with Crippen molar-refractivity contribution in [2.75, 3.05) is 49.7 Å². The lowest BCUT2D eigenvalue weighted by Gasteiger charge is -2.46.